The van der Waals surface area contributed by atoms with Gasteiger partial charge in [0.2, 0.25) is 11.7 Å². The number of hydrogen-bond acceptors (Lipinski definition) is 4. The first-order chi connectivity index (χ1) is 11.8. The minimum absolute atomic E-state index is 0.137. The van der Waals surface area contributed by atoms with Crippen molar-refractivity contribution >= 4 is 28.9 Å². The Bertz CT molecular complexity index is 800. The summed E-state index contributed by atoms with van der Waals surface area (Å²) in [7, 11) is 0. The van der Waals surface area contributed by atoms with E-state index >= 15 is 0 Å². The number of nitrogens with one attached hydrogen (secondary N) is 2. The lowest BCUT2D eigenvalue weighted by Crippen LogP contribution is -2.39. The summed E-state index contributed by atoms with van der Waals surface area (Å²) in [5, 5.41) is 17.0. The van der Waals surface area contributed by atoms with Crippen LogP contribution in [0.15, 0.2) is 42.5 Å². The van der Waals surface area contributed by atoms with E-state index in [4.69, 9.17) is 11.6 Å². The molecule has 1 amide bonds. The van der Waals surface area contributed by atoms with E-state index in [0.717, 1.165) is 17.7 Å². The second kappa shape index (κ2) is 8.04. The highest BCUT2D eigenvalue weighted by molar-refractivity contribution is 6.30. The molecule has 0 saturated heterocycles. The van der Waals surface area contributed by atoms with Gasteiger partial charge in [-0.15, -0.1) is 0 Å². The first-order valence-corrected chi connectivity index (χ1v) is 7.92. The molecule has 2 aromatic rings. The van der Waals surface area contributed by atoms with Crippen molar-refractivity contribution in [3.63, 3.8) is 0 Å². The molecule has 0 spiro atoms. The Morgan fingerprint density at radius 1 is 1.24 bits per heavy atom. The Kier molecular flexibility index (Phi) is 6.06. The first kappa shape index (κ1) is 18.8. The van der Waals surface area contributed by atoms with Crippen LogP contribution in [0.3, 0.4) is 0 Å². The van der Waals surface area contributed by atoms with Crippen LogP contribution < -0.4 is 10.6 Å². The van der Waals surface area contributed by atoms with Gasteiger partial charge in [0, 0.05) is 22.8 Å². The van der Waals surface area contributed by atoms with Gasteiger partial charge in [0.05, 0.1) is 11.0 Å². The second-order valence-corrected chi connectivity index (χ2v) is 6.01. The van der Waals surface area contributed by atoms with Crippen LogP contribution in [0, 0.1) is 15.9 Å². The largest absolute Gasteiger partial charge is 0.324 e. The summed E-state index contributed by atoms with van der Waals surface area (Å²) in [4.78, 5) is 22.2. The first-order valence-electron chi connectivity index (χ1n) is 7.54. The maximum atomic E-state index is 13.3. The van der Waals surface area contributed by atoms with Crippen molar-refractivity contribution < 1.29 is 14.1 Å². The van der Waals surface area contributed by atoms with Gasteiger partial charge in [-0.05, 0) is 43.7 Å². The van der Waals surface area contributed by atoms with Gasteiger partial charge in [0.15, 0.2) is 0 Å². The van der Waals surface area contributed by atoms with Crippen LogP contribution in [-0.2, 0) is 4.79 Å². The molecule has 0 radical (unpaired) electrons. The minimum atomic E-state index is -0.955. The summed E-state index contributed by atoms with van der Waals surface area (Å²) in [5.41, 5.74) is 0.387. The van der Waals surface area contributed by atoms with E-state index in [1.54, 1.807) is 19.1 Å². The Morgan fingerprint density at radius 3 is 2.60 bits per heavy atom. The molecule has 0 saturated carbocycles. The molecular weight excluding hydrogens is 349 g/mol. The average Bonchev–Trinajstić information content (AvgIpc) is 2.56. The van der Waals surface area contributed by atoms with Gasteiger partial charge in [0.25, 0.3) is 0 Å². The Hall–Kier alpha value is -2.51. The third kappa shape index (κ3) is 4.98. The molecule has 0 aromatic heterocycles. The topological polar surface area (TPSA) is 84.3 Å². The fourth-order valence-electron chi connectivity index (χ4n) is 2.30. The van der Waals surface area contributed by atoms with Crippen LogP contribution in [0.4, 0.5) is 15.8 Å². The zero-order valence-corrected chi connectivity index (χ0v) is 14.4. The van der Waals surface area contributed by atoms with Crippen LogP contribution in [0.1, 0.15) is 25.5 Å². The van der Waals surface area contributed by atoms with Gasteiger partial charge >= 0.3 is 5.69 Å². The molecule has 0 bridgehead atoms. The number of amides is 1. The molecule has 2 rings (SSSR count). The summed E-state index contributed by atoms with van der Waals surface area (Å²) in [6.45, 7) is 3.55. The number of carbonyl (C=O) groups excluding carboxylic acids is 1. The molecule has 0 aliphatic rings. The molecule has 0 aliphatic heterocycles. The summed E-state index contributed by atoms with van der Waals surface area (Å²) in [6.07, 6.45) is 0. The van der Waals surface area contributed by atoms with Gasteiger partial charge < -0.3 is 5.32 Å². The Labute approximate surface area is 149 Å². The summed E-state index contributed by atoms with van der Waals surface area (Å²) in [6, 6.07) is 9.74. The standard InChI is InChI=1S/C17H17ClFN3O3/c1-10(12-4-3-5-13(18)8-12)20-11(2)17(23)21-14-6-7-15(19)16(9-14)22(24)25/h3-11,20H,1-2H3,(H,21,23)/t10-,11+/m0/s1. The van der Waals surface area contributed by atoms with Crippen molar-refractivity contribution in [3.05, 3.63) is 69.0 Å². The quantitative estimate of drug-likeness (QED) is 0.597. The maximum Gasteiger partial charge on any atom is 0.306 e. The van der Waals surface area contributed by atoms with Crippen molar-refractivity contribution in [3.8, 4) is 0 Å². The van der Waals surface area contributed by atoms with Gasteiger partial charge in [-0.3, -0.25) is 20.2 Å². The predicted octanol–water partition coefficient (Wildman–Crippen LogP) is 4.07. The summed E-state index contributed by atoms with van der Waals surface area (Å²) >= 11 is 5.96. The third-order valence-corrected chi connectivity index (χ3v) is 3.89. The van der Waals surface area contributed by atoms with E-state index in [1.165, 1.54) is 6.07 Å². The Morgan fingerprint density at radius 2 is 1.96 bits per heavy atom. The normalized spacial score (nSPS) is 13.1. The fourth-order valence-corrected chi connectivity index (χ4v) is 2.50. The molecule has 2 N–H and O–H groups in total. The van der Waals surface area contributed by atoms with E-state index in [0.29, 0.717) is 5.02 Å². The molecule has 132 valence electrons. The lowest BCUT2D eigenvalue weighted by Gasteiger charge is -2.20. The number of hydrogen-bond donors (Lipinski definition) is 2. The number of rotatable bonds is 6. The lowest BCUT2D eigenvalue weighted by atomic mass is 10.1. The number of anilines is 1. The van der Waals surface area contributed by atoms with E-state index in [-0.39, 0.29) is 11.7 Å². The van der Waals surface area contributed by atoms with Crippen molar-refractivity contribution in [2.24, 2.45) is 0 Å². The fraction of sp³-hybridized carbons (Fsp3) is 0.235. The van der Waals surface area contributed by atoms with E-state index in [1.807, 2.05) is 19.1 Å². The number of benzene rings is 2. The van der Waals surface area contributed by atoms with Crippen molar-refractivity contribution in [2.75, 3.05) is 5.32 Å². The number of halogens is 2. The SMILES string of the molecule is C[C@H](N[C@H](C)C(=O)Nc1ccc(F)c([N+](=O)[O-])c1)c1cccc(Cl)c1. The third-order valence-electron chi connectivity index (χ3n) is 3.65. The molecule has 0 heterocycles. The minimum Gasteiger partial charge on any atom is -0.324 e. The molecule has 25 heavy (non-hydrogen) atoms. The zero-order chi connectivity index (χ0) is 18.6. The van der Waals surface area contributed by atoms with Crippen LogP contribution in [0.5, 0.6) is 0 Å². The molecule has 0 fully saturated rings. The van der Waals surface area contributed by atoms with E-state index in [2.05, 4.69) is 10.6 Å². The van der Waals surface area contributed by atoms with Gasteiger partial charge in [0.1, 0.15) is 0 Å². The van der Waals surface area contributed by atoms with Crippen molar-refractivity contribution in [2.45, 2.75) is 25.9 Å². The maximum absolute atomic E-state index is 13.3. The number of nitro benzene ring substituents is 1. The van der Waals surface area contributed by atoms with Crippen molar-refractivity contribution in [1.29, 1.82) is 0 Å². The highest BCUT2D eigenvalue weighted by Crippen LogP contribution is 2.22. The predicted molar refractivity (Wildman–Crippen MR) is 94.1 cm³/mol. The monoisotopic (exact) mass is 365 g/mol. The van der Waals surface area contributed by atoms with Crippen LogP contribution in [0.25, 0.3) is 0 Å². The van der Waals surface area contributed by atoms with E-state index in [9.17, 15) is 19.3 Å². The highest BCUT2D eigenvalue weighted by atomic mass is 35.5. The number of nitrogens with zero attached hydrogens (tertiary/aromatic N) is 1. The van der Waals surface area contributed by atoms with Crippen LogP contribution in [0.2, 0.25) is 5.02 Å². The Balaban J connectivity index is 2.03. The van der Waals surface area contributed by atoms with Gasteiger partial charge in [-0.1, -0.05) is 23.7 Å². The van der Waals surface area contributed by atoms with E-state index < -0.39 is 28.4 Å². The summed E-state index contributed by atoms with van der Waals surface area (Å²) in [5.74, 6) is -1.35. The number of nitro groups is 1. The molecule has 2 aromatic carbocycles. The van der Waals surface area contributed by atoms with Crippen LogP contribution in [-0.4, -0.2) is 16.9 Å². The zero-order valence-electron chi connectivity index (χ0n) is 13.6. The molecule has 8 heteroatoms. The molecule has 2 atom stereocenters. The molecule has 0 unspecified atom stereocenters. The second-order valence-electron chi connectivity index (χ2n) is 5.58. The lowest BCUT2D eigenvalue weighted by molar-refractivity contribution is -0.387. The molecular formula is C17H17ClFN3O3. The van der Waals surface area contributed by atoms with Gasteiger partial charge in [-0.25, -0.2) is 0 Å². The molecule has 0 aliphatic carbocycles. The van der Waals surface area contributed by atoms with Gasteiger partial charge in [-0.2, -0.15) is 4.39 Å². The smallest absolute Gasteiger partial charge is 0.306 e. The molecule has 6 nitrogen and oxygen atoms in total. The average molecular weight is 366 g/mol. The highest BCUT2D eigenvalue weighted by Gasteiger charge is 2.19. The summed E-state index contributed by atoms with van der Waals surface area (Å²) < 4.78 is 13.3. The van der Waals surface area contributed by atoms with Crippen molar-refractivity contribution in [1.82, 2.24) is 5.32 Å². The number of carbonyl (C=O) groups is 1. The van der Waals surface area contributed by atoms with Crippen LogP contribution >= 0.6 is 11.6 Å².